The Balaban J connectivity index is 1.52. The third-order valence-corrected chi connectivity index (χ3v) is 3.80. The highest BCUT2D eigenvalue weighted by Gasteiger charge is 2.02. The summed E-state index contributed by atoms with van der Waals surface area (Å²) in [6.07, 6.45) is 0.821. The van der Waals surface area contributed by atoms with Crippen LogP contribution in [0.2, 0.25) is 0 Å². The van der Waals surface area contributed by atoms with Crippen molar-refractivity contribution in [2.45, 2.75) is 13.3 Å². The molecule has 132 valence electrons. The molecule has 0 unspecified atom stereocenters. The van der Waals surface area contributed by atoms with E-state index in [1.54, 1.807) is 12.1 Å². The molecular weight excluding hydrogens is 331 g/mol. The van der Waals surface area contributed by atoms with Crippen LogP contribution in [0.15, 0.2) is 60.7 Å². The minimum atomic E-state index is -0.273. The Morgan fingerprint density at radius 3 is 2.31 bits per heavy atom. The molecule has 3 aromatic rings. The molecule has 6 heteroatoms. The Labute approximate surface area is 151 Å². The lowest BCUT2D eigenvalue weighted by molar-refractivity contribution is -0.114. The second kappa shape index (κ2) is 8.20. The highest BCUT2D eigenvalue weighted by atomic mass is 19.1. The van der Waals surface area contributed by atoms with Crippen LogP contribution >= 0.6 is 0 Å². The fourth-order valence-corrected chi connectivity index (χ4v) is 2.49. The van der Waals surface area contributed by atoms with Crippen LogP contribution in [-0.4, -0.2) is 22.6 Å². The lowest BCUT2D eigenvalue weighted by Crippen LogP contribution is -2.08. The second-order valence-electron chi connectivity index (χ2n) is 5.87. The molecule has 3 rings (SSSR count). The first-order valence-corrected chi connectivity index (χ1v) is 8.30. The molecule has 5 nitrogen and oxygen atoms in total. The molecule has 1 amide bonds. The average molecular weight is 350 g/mol. The predicted molar refractivity (Wildman–Crippen MR) is 100 cm³/mol. The topological polar surface area (TPSA) is 66.9 Å². The molecule has 26 heavy (non-hydrogen) atoms. The van der Waals surface area contributed by atoms with Crippen LogP contribution in [0, 0.1) is 5.82 Å². The second-order valence-corrected chi connectivity index (χ2v) is 5.87. The van der Waals surface area contributed by atoms with Crippen molar-refractivity contribution < 1.29 is 9.18 Å². The van der Waals surface area contributed by atoms with Crippen molar-refractivity contribution >= 4 is 17.4 Å². The number of nitrogens with zero attached hydrogens (tertiary/aromatic N) is 2. The monoisotopic (exact) mass is 350 g/mol. The molecule has 0 aliphatic heterocycles. The molecule has 2 N–H and O–H groups in total. The quantitative estimate of drug-likeness (QED) is 0.708. The summed E-state index contributed by atoms with van der Waals surface area (Å²) in [6.45, 7) is 2.20. The van der Waals surface area contributed by atoms with Gasteiger partial charge in [0.1, 0.15) is 11.6 Å². The van der Waals surface area contributed by atoms with Gasteiger partial charge in [0.15, 0.2) is 0 Å². The maximum atomic E-state index is 13.0. The van der Waals surface area contributed by atoms with Gasteiger partial charge in [0.2, 0.25) is 5.91 Å². The molecule has 0 atom stereocenters. The van der Waals surface area contributed by atoms with E-state index in [2.05, 4.69) is 20.8 Å². The standard InChI is InChI=1S/C20H19FN4O/c1-14(26)23-18-8-2-15(3-9-18)12-13-22-20-11-10-19(24-25-20)16-4-6-17(21)7-5-16/h2-11H,12-13H2,1H3,(H,22,25)(H,23,26). The Morgan fingerprint density at radius 2 is 1.69 bits per heavy atom. The normalized spacial score (nSPS) is 10.4. The summed E-state index contributed by atoms with van der Waals surface area (Å²) in [7, 11) is 0. The Morgan fingerprint density at radius 1 is 0.962 bits per heavy atom. The van der Waals surface area contributed by atoms with Gasteiger partial charge in [-0.05, 0) is 60.5 Å². The van der Waals surface area contributed by atoms with Gasteiger partial charge in [-0.1, -0.05) is 12.1 Å². The number of aromatic nitrogens is 2. The van der Waals surface area contributed by atoms with Crippen LogP contribution in [0.1, 0.15) is 12.5 Å². The number of halogens is 1. The van der Waals surface area contributed by atoms with E-state index in [9.17, 15) is 9.18 Å². The molecule has 0 spiro atoms. The van der Waals surface area contributed by atoms with Crippen LogP contribution in [0.25, 0.3) is 11.3 Å². The fraction of sp³-hybridized carbons (Fsp3) is 0.150. The highest BCUT2D eigenvalue weighted by Crippen LogP contribution is 2.17. The van der Waals surface area contributed by atoms with Crippen LogP contribution in [0.5, 0.6) is 0 Å². The zero-order chi connectivity index (χ0) is 18.4. The minimum Gasteiger partial charge on any atom is -0.368 e. The van der Waals surface area contributed by atoms with Gasteiger partial charge >= 0.3 is 0 Å². The van der Waals surface area contributed by atoms with Gasteiger partial charge < -0.3 is 10.6 Å². The lowest BCUT2D eigenvalue weighted by Gasteiger charge is -2.07. The van der Waals surface area contributed by atoms with Gasteiger partial charge in [-0.25, -0.2) is 4.39 Å². The van der Waals surface area contributed by atoms with Crippen LogP contribution in [0.4, 0.5) is 15.9 Å². The Bertz CT molecular complexity index is 862. The van der Waals surface area contributed by atoms with Crippen LogP contribution < -0.4 is 10.6 Å². The first-order valence-electron chi connectivity index (χ1n) is 8.30. The summed E-state index contributed by atoms with van der Waals surface area (Å²) in [5.41, 5.74) is 3.47. The minimum absolute atomic E-state index is 0.0814. The number of rotatable bonds is 6. The highest BCUT2D eigenvalue weighted by molar-refractivity contribution is 5.88. The van der Waals surface area contributed by atoms with Crippen molar-refractivity contribution in [2.75, 3.05) is 17.2 Å². The summed E-state index contributed by atoms with van der Waals surface area (Å²) in [5.74, 6) is 0.331. The van der Waals surface area contributed by atoms with Gasteiger partial charge in [0.05, 0.1) is 5.69 Å². The van der Waals surface area contributed by atoms with E-state index in [0.717, 1.165) is 23.2 Å². The van der Waals surface area contributed by atoms with Crippen molar-refractivity contribution in [3.8, 4) is 11.3 Å². The van der Waals surface area contributed by atoms with E-state index < -0.39 is 0 Å². The van der Waals surface area contributed by atoms with E-state index in [1.807, 2.05) is 36.4 Å². The largest absolute Gasteiger partial charge is 0.368 e. The van der Waals surface area contributed by atoms with Gasteiger partial charge in [0, 0.05) is 24.7 Å². The van der Waals surface area contributed by atoms with E-state index >= 15 is 0 Å². The molecule has 2 aromatic carbocycles. The smallest absolute Gasteiger partial charge is 0.221 e. The van der Waals surface area contributed by atoms with Gasteiger partial charge in [-0.15, -0.1) is 10.2 Å². The van der Waals surface area contributed by atoms with Gasteiger partial charge in [-0.2, -0.15) is 0 Å². The number of hydrogen-bond acceptors (Lipinski definition) is 4. The number of nitrogens with one attached hydrogen (secondary N) is 2. The number of hydrogen-bond donors (Lipinski definition) is 2. The predicted octanol–water partition coefficient (Wildman–Crippen LogP) is 3.90. The van der Waals surface area contributed by atoms with E-state index in [4.69, 9.17) is 0 Å². The first-order chi connectivity index (χ1) is 12.6. The fourth-order valence-electron chi connectivity index (χ4n) is 2.49. The molecule has 0 aliphatic carbocycles. The summed E-state index contributed by atoms with van der Waals surface area (Å²) in [4.78, 5) is 11.0. The number of amides is 1. The summed E-state index contributed by atoms with van der Waals surface area (Å²) >= 11 is 0. The molecule has 0 aliphatic rings. The number of benzene rings is 2. The van der Waals surface area contributed by atoms with E-state index in [0.29, 0.717) is 18.1 Å². The Kier molecular flexibility index (Phi) is 5.53. The summed E-state index contributed by atoms with van der Waals surface area (Å²) in [5, 5.41) is 14.3. The number of anilines is 2. The Hall–Kier alpha value is -3.28. The average Bonchev–Trinajstić information content (AvgIpc) is 2.64. The molecular formula is C20H19FN4O. The summed E-state index contributed by atoms with van der Waals surface area (Å²) < 4.78 is 13.0. The first kappa shape index (κ1) is 17.5. The molecule has 1 heterocycles. The van der Waals surface area contributed by atoms with Crippen molar-refractivity contribution in [2.24, 2.45) is 0 Å². The molecule has 0 fully saturated rings. The van der Waals surface area contributed by atoms with Crippen molar-refractivity contribution in [1.29, 1.82) is 0 Å². The number of carbonyl (C=O) groups excluding carboxylic acids is 1. The van der Waals surface area contributed by atoms with Gasteiger partial charge in [0.25, 0.3) is 0 Å². The molecule has 0 bridgehead atoms. The molecule has 0 radical (unpaired) electrons. The number of carbonyl (C=O) groups is 1. The van der Waals surface area contributed by atoms with Crippen LogP contribution in [0.3, 0.4) is 0 Å². The SMILES string of the molecule is CC(=O)Nc1ccc(CCNc2ccc(-c3ccc(F)cc3)nn2)cc1. The zero-order valence-electron chi connectivity index (χ0n) is 14.4. The van der Waals surface area contributed by atoms with Crippen LogP contribution in [-0.2, 0) is 11.2 Å². The van der Waals surface area contributed by atoms with E-state index in [1.165, 1.54) is 19.1 Å². The van der Waals surface area contributed by atoms with Gasteiger partial charge in [-0.3, -0.25) is 4.79 Å². The molecule has 0 saturated carbocycles. The molecule has 0 saturated heterocycles. The maximum absolute atomic E-state index is 13.0. The van der Waals surface area contributed by atoms with Crippen molar-refractivity contribution in [1.82, 2.24) is 10.2 Å². The van der Waals surface area contributed by atoms with Crippen molar-refractivity contribution in [3.05, 3.63) is 72.0 Å². The lowest BCUT2D eigenvalue weighted by atomic mass is 10.1. The maximum Gasteiger partial charge on any atom is 0.221 e. The van der Waals surface area contributed by atoms with E-state index in [-0.39, 0.29) is 11.7 Å². The third-order valence-electron chi connectivity index (χ3n) is 3.80. The molecule has 1 aromatic heterocycles. The summed E-state index contributed by atoms with van der Waals surface area (Å²) in [6, 6.07) is 17.6. The van der Waals surface area contributed by atoms with Crippen molar-refractivity contribution in [3.63, 3.8) is 0 Å². The zero-order valence-corrected chi connectivity index (χ0v) is 14.4. The third kappa shape index (κ3) is 4.86.